The van der Waals surface area contributed by atoms with Crippen LogP contribution in [0.3, 0.4) is 0 Å². The van der Waals surface area contributed by atoms with Crippen LogP contribution in [0.25, 0.3) is 0 Å². The first-order valence-corrected chi connectivity index (χ1v) is 7.46. The van der Waals surface area contributed by atoms with E-state index >= 15 is 0 Å². The molecule has 2 rings (SSSR count). The first-order valence-electron chi connectivity index (χ1n) is 6.07. The summed E-state index contributed by atoms with van der Waals surface area (Å²) in [7, 11) is 0. The molecule has 16 heavy (non-hydrogen) atoms. The van der Waals surface area contributed by atoms with Gasteiger partial charge in [-0.1, -0.05) is 0 Å². The van der Waals surface area contributed by atoms with Gasteiger partial charge in [0.05, 0.1) is 5.60 Å². The number of thioether (sulfide) groups is 1. The van der Waals surface area contributed by atoms with Crippen LogP contribution in [0, 0.1) is 5.41 Å². The van der Waals surface area contributed by atoms with Gasteiger partial charge in [0.15, 0.2) is 0 Å². The topological polar surface area (TPSA) is 32.7 Å². The molecule has 2 aliphatic rings. The minimum Gasteiger partial charge on any atom is -0.388 e. The van der Waals surface area contributed by atoms with E-state index in [0.717, 1.165) is 38.6 Å². The third-order valence-electron chi connectivity index (χ3n) is 3.69. The van der Waals surface area contributed by atoms with Gasteiger partial charge in [0, 0.05) is 44.0 Å². The maximum absolute atomic E-state index is 10.1. The van der Waals surface area contributed by atoms with Gasteiger partial charge in [-0.15, -0.1) is 0 Å². The molecule has 0 aromatic rings. The second-order valence-electron chi connectivity index (χ2n) is 5.69. The molecule has 1 atom stereocenters. The highest BCUT2D eigenvalue weighted by Gasteiger charge is 2.45. The van der Waals surface area contributed by atoms with Crippen LogP contribution in [-0.2, 0) is 4.74 Å². The first-order chi connectivity index (χ1) is 7.55. The summed E-state index contributed by atoms with van der Waals surface area (Å²) in [6, 6.07) is 0. The fourth-order valence-electron chi connectivity index (χ4n) is 2.97. The highest BCUT2D eigenvalue weighted by Crippen LogP contribution is 2.40. The molecule has 3 nitrogen and oxygen atoms in total. The van der Waals surface area contributed by atoms with Gasteiger partial charge in [-0.05, 0) is 26.0 Å². The van der Waals surface area contributed by atoms with Crippen LogP contribution in [0.15, 0.2) is 0 Å². The third-order valence-corrected chi connectivity index (χ3v) is 4.60. The number of aliphatic hydroxyl groups is 1. The Morgan fingerprint density at radius 1 is 1.38 bits per heavy atom. The number of β-amino-alcohol motifs (C(OH)–C–C–N with tert-alkyl or cyclic N) is 1. The second kappa shape index (κ2) is 4.84. The van der Waals surface area contributed by atoms with Crippen molar-refractivity contribution in [2.24, 2.45) is 5.41 Å². The van der Waals surface area contributed by atoms with E-state index < -0.39 is 5.60 Å². The lowest BCUT2D eigenvalue weighted by Crippen LogP contribution is -2.61. The van der Waals surface area contributed by atoms with Crippen molar-refractivity contribution in [3.63, 3.8) is 0 Å². The highest BCUT2D eigenvalue weighted by molar-refractivity contribution is 7.98. The van der Waals surface area contributed by atoms with Gasteiger partial charge < -0.3 is 9.84 Å². The lowest BCUT2D eigenvalue weighted by Gasteiger charge is -2.53. The van der Waals surface area contributed by atoms with E-state index in [1.54, 1.807) is 11.8 Å². The van der Waals surface area contributed by atoms with Gasteiger partial charge >= 0.3 is 0 Å². The van der Waals surface area contributed by atoms with Crippen LogP contribution in [0.2, 0.25) is 0 Å². The van der Waals surface area contributed by atoms with E-state index in [4.69, 9.17) is 4.74 Å². The summed E-state index contributed by atoms with van der Waals surface area (Å²) in [6.07, 6.45) is 4.45. The summed E-state index contributed by atoms with van der Waals surface area (Å²) in [6.45, 7) is 6.92. The minimum absolute atomic E-state index is 0.522. The molecule has 0 aliphatic carbocycles. The van der Waals surface area contributed by atoms with Gasteiger partial charge in [-0.2, -0.15) is 11.8 Å². The molecule has 0 aromatic heterocycles. The second-order valence-corrected chi connectivity index (χ2v) is 6.55. The fraction of sp³-hybridized carbons (Fsp3) is 1.00. The maximum atomic E-state index is 10.1. The molecular formula is C12H23NO2S. The SMILES string of the molecule is CSCC(C)(O)CN1CC2(CCOCC2)C1. The molecular weight excluding hydrogens is 222 g/mol. The largest absolute Gasteiger partial charge is 0.388 e. The Morgan fingerprint density at radius 3 is 2.56 bits per heavy atom. The number of likely N-dealkylation sites (tertiary alicyclic amines) is 1. The van der Waals surface area contributed by atoms with Crippen molar-refractivity contribution < 1.29 is 9.84 Å². The van der Waals surface area contributed by atoms with Crippen molar-refractivity contribution in [2.75, 3.05) is 44.9 Å². The molecule has 0 bridgehead atoms. The van der Waals surface area contributed by atoms with E-state index in [2.05, 4.69) is 4.90 Å². The first kappa shape index (κ1) is 12.7. The number of rotatable bonds is 4. The molecule has 0 radical (unpaired) electrons. The van der Waals surface area contributed by atoms with Gasteiger partial charge in [0.1, 0.15) is 0 Å². The van der Waals surface area contributed by atoms with Crippen LogP contribution in [0.1, 0.15) is 19.8 Å². The lowest BCUT2D eigenvalue weighted by atomic mass is 9.73. The smallest absolute Gasteiger partial charge is 0.0835 e. The number of ether oxygens (including phenoxy) is 1. The Kier molecular flexibility index (Phi) is 3.84. The number of nitrogens with zero attached hydrogens (tertiary/aromatic N) is 1. The van der Waals surface area contributed by atoms with E-state index in [1.165, 1.54) is 12.8 Å². The summed E-state index contributed by atoms with van der Waals surface area (Å²) in [4.78, 5) is 2.39. The summed E-state index contributed by atoms with van der Waals surface area (Å²) >= 11 is 1.72. The van der Waals surface area contributed by atoms with Gasteiger partial charge in [0.25, 0.3) is 0 Å². The average molecular weight is 245 g/mol. The van der Waals surface area contributed by atoms with E-state index in [0.29, 0.717) is 5.41 Å². The minimum atomic E-state index is -0.536. The monoisotopic (exact) mass is 245 g/mol. The Bertz CT molecular complexity index is 231. The standard InChI is InChI=1S/C12H23NO2S/c1-11(14,10-16-2)7-13-8-12(9-13)3-5-15-6-4-12/h14H,3-10H2,1-2H3. The zero-order chi connectivity index (χ0) is 11.6. The fourth-order valence-corrected chi connectivity index (χ4v) is 3.69. The molecule has 0 amide bonds. The molecule has 1 unspecified atom stereocenters. The highest BCUT2D eigenvalue weighted by atomic mass is 32.2. The maximum Gasteiger partial charge on any atom is 0.0835 e. The van der Waals surface area contributed by atoms with Crippen molar-refractivity contribution in [3.05, 3.63) is 0 Å². The van der Waals surface area contributed by atoms with Crippen molar-refractivity contribution in [3.8, 4) is 0 Å². The molecule has 1 spiro atoms. The predicted molar refractivity (Wildman–Crippen MR) is 67.9 cm³/mol. The molecule has 2 fully saturated rings. The summed E-state index contributed by atoms with van der Waals surface area (Å²) in [5.74, 6) is 0.819. The van der Waals surface area contributed by atoms with Crippen molar-refractivity contribution >= 4 is 11.8 Å². The van der Waals surface area contributed by atoms with Crippen LogP contribution < -0.4 is 0 Å². The van der Waals surface area contributed by atoms with Crippen molar-refractivity contribution in [1.82, 2.24) is 4.90 Å². The predicted octanol–water partition coefficient (Wildman–Crippen LogP) is 1.21. The van der Waals surface area contributed by atoms with Crippen LogP contribution >= 0.6 is 11.8 Å². The van der Waals surface area contributed by atoms with Gasteiger partial charge in [-0.25, -0.2) is 0 Å². The van der Waals surface area contributed by atoms with E-state index in [1.807, 2.05) is 13.2 Å². The summed E-state index contributed by atoms with van der Waals surface area (Å²) in [5.41, 5.74) is -0.0140. The van der Waals surface area contributed by atoms with E-state index in [-0.39, 0.29) is 0 Å². The Balaban J connectivity index is 1.75. The normalized spacial score (nSPS) is 28.7. The summed E-state index contributed by atoms with van der Waals surface area (Å²) in [5, 5.41) is 10.1. The summed E-state index contributed by atoms with van der Waals surface area (Å²) < 4.78 is 5.40. The average Bonchev–Trinajstić information content (AvgIpc) is 2.16. The zero-order valence-electron chi connectivity index (χ0n) is 10.4. The van der Waals surface area contributed by atoms with Gasteiger partial charge in [-0.3, -0.25) is 4.90 Å². The molecule has 4 heteroatoms. The molecule has 0 saturated carbocycles. The molecule has 2 heterocycles. The van der Waals surface area contributed by atoms with Crippen LogP contribution in [-0.4, -0.2) is 60.5 Å². The molecule has 2 saturated heterocycles. The Morgan fingerprint density at radius 2 is 2.00 bits per heavy atom. The van der Waals surface area contributed by atoms with E-state index in [9.17, 15) is 5.11 Å². The lowest BCUT2D eigenvalue weighted by molar-refractivity contribution is -0.102. The molecule has 0 aromatic carbocycles. The molecule has 1 N–H and O–H groups in total. The Hall–Kier alpha value is 0.230. The van der Waals surface area contributed by atoms with Crippen LogP contribution in [0.5, 0.6) is 0 Å². The van der Waals surface area contributed by atoms with Crippen molar-refractivity contribution in [2.45, 2.75) is 25.4 Å². The quantitative estimate of drug-likeness (QED) is 0.807. The van der Waals surface area contributed by atoms with Crippen molar-refractivity contribution in [1.29, 1.82) is 0 Å². The zero-order valence-corrected chi connectivity index (χ0v) is 11.2. The van der Waals surface area contributed by atoms with Gasteiger partial charge in [0.2, 0.25) is 0 Å². The van der Waals surface area contributed by atoms with Crippen LogP contribution in [0.4, 0.5) is 0 Å². The Labute approximate surface area is 103 Å². The third kappa shape index (κ3) is 2.92. The molecule has 94 valence electrons. The number of hydrogen-bond donors (Lipinski definition) is 1. The number of hydrogen-bond acceptors (Lipinski definition) is 4. The molecule has 2 aliphatic heterocycles.